The molecule has 3 nitrogen and oxygen atoms in total. The number of aliphatic hydroxyl groups is 1. The molecule has 0 aliphatic heterocycles. The standard InChI is InChI=1S/C14H11ClN2OS/c15-10-5-9(7-16-8-10)6-12(18)14-17-11-3-1-2-4-13(11)19-14/h1-5,7-8,12,18H,6H2. The minimum atomic E-state index is -0.627. The van der Waals surface area contributed by atoms with Crippen molar-refractivity contribution in [1.29, 1.82) is 0 Å². The van der Waals surface area contributed by atoms with Crippen LogP contribution in [-0.4, -0.2) is 15.1 Å². The number of fused-ring (bicyclic) bond motifs is 1. The van der Waals surface area contributed by atoms with Gasteiger partial charge in [0, 0.05) is 18.8 Å². The fourth-order valence-corrected chi connectivity index (χ4v) is 3.06. The van der Waals surface area contributed by atoms with Gasteiger partial charge in [-0.2, -0.15) is 0 Å². The van der Waals surface area contributed by atoms with Gasteiger partial charge in [0.2, 0.25) is 0 Å². The van der Waals surface area contributed by atoms with Crippen LogP contribution in [0.1, 0.15) is 16.7 Å². The Morgan fingerprint density at radius 1 is 1.26 bits per heavy atom. The van der Waals surface area contributed by atoms with Gasteiger partial charge in [-0.05, 0) is 23.8 Å². The Morgan fingerprint density at radius 3 is 2.89 bits per heavy atom. The lowest BCUT2D eigenvalue weighted by atomic mass is 10.1. The molecule has 19 heavy (non-hydrogen) atoms. The summed E-state index contributed by atoms with van der Waals surface area (Å²) in [6, 6.07) is 9.68. The van der Waals surface area contributed by atoms with Crippen LogP contribution in [0, 0.1) is 0 Å². The van der Waals surface area contributed by atoms with E-state index in [0.29, 0.717) is 11.4 Å². The van der Waals surface area contributed by atoms with Crippen LogP contribution in [0.2, 0.25) is 5.02 Å². The minimum Gasteiger partial charge on any atom is -0.386 e. The van der Waals surface area contributed by atoms with Crippen LogP contribution < -0.4 is 0 Å². The van der Waals surface area contributed by atoms with E-state index in [4.69, 9.17) is 11.6 Å². The van der Waals surface area contributed by atoms with Crippen molar-refractivity contribution in [1.82, 2.24) is 9.97 Å². The molecule has 0 bridgehead atoms. The van der Waals surface area contributed by atoms with Gasteiger partial charge in [0.05, 0.1) is 15.2 Å². The van der Waals surface area contributed by atoms with E-state index in [-0.39, 0.29) is 0 Å². The summed E-state index contributed by atoms with van der Waals surface area (Å²) in [7, 11) is 0. The van der Waals surface area contributed by atoms with Crippen LogP contribution in [-0.2, 0) is 6.42 Å². The quantitative estimate of drug-likeness (QED) is 0.801. The Kier molecular flexibility index (Phi) is 3.46. The summed E-state index contributed by atoms with van der Waals surface area (Å²) in [5.41, 5.74) is 1.82. The van der Waals surface area contributed by atoms with Crippen molar-refractivity contribution in [3.8, 4) is 0 Å². The molecule has 1 atom stereocenters. The summed E-state index contributed by atoms with van der Waals surface area (Å²) in [5, 5.41) is 11.5. The Balaban J connectivity index is 1.85. The number of aromatic nitrogens is 2. The summed E-state index contributed by atoms with van der Waals surface area (Å²) in [4.78, 5) is 8.46. The molecule has 0 aliphatic rings. The highest BCUT2D eigenvalue weighted by Crippen LogP contribution is 2.28. The maximum absolute atomic E-state index is 10.2. The summed E-state index contributed by atoms with van der Waals surface area (Å²) >= 11 is 7.40. The monoisotopic (exact) mass is 290 g/mol. The number of aliphatic hydroxyl groups excluding tert-OH is 1. The largest absolute Gasteiger partial charge is 0.386 e. The summed E-state index contributed by atoms with van der Waals surface area (Å²) in [6.45, 7) is 0. The third-order valence-corrected chi connectivity index (χ3v) is 4.13. The van der Waals surface area contributed by atoms with E-state index in [0.717, 1.165) is 20.8 Å². The van der Waals surface area contributed by atoms with Gasteiger partial charge in [0.15, 0.2) is 0 Å². The maximum Gasteiger partial charge on any atom is 0.123 e. The lowest BCUT2D eigenvalue weighted by molar-refractivity contribution is 0.178. The molecule has 2 heterocycles. The second kappa shape index (κ2) is 5.25. The number of pyridine rings is 1. The Morgan fingerprint density at radius 2 is 2.11 bits per heavy atom. The zero-order chi connectivity index (χ0) is 13.2. The van der Waals surface area contributed by atoms with Crippen molar-refractivity contribution in [2.45, 2.75) is 12.5 Å². The van der Waals surface area contributed by atoms with Crippen LogP contribution in [0.25, 0.3) is 10.2 Å². The van der Waals surface area contributed by atoms with Crippen LogP contribution in [0.5, 0.6) is 0 Å². The van der Waals surface area contributed by atoms with Crippen molar-refractivity contribution in [3.63, 3.8) is 0 Å². The lowest BCUT2D eigenvalue weighted by Gasteiger charge is -2.06. The molecule has 0 saturated heterocycles. The molecule has 3 rings (SSSR count). The highest BCUT2D eigenvalue weighted by Gasteiger charge is 2.14. The number of para-hydroxylation sites is 1. The van der Waals surface area contributed by atoms with Gasteiger partial charge in [-0.15, -0.1) is 11.3 Å². The average molecular weight is 291 g/mol. The molecule has 3 aromatic rings. The maximum atomic E-state index is 10.2. The SMILES string of the molecule is OC(Cc1cncc(Cl)c1)c1nc2ccccc2s1. The topological polar surface area (TPSA) is 46.0 Å². The van der Waals surface area contributed by atoms with Crippen molar-refractivity contribution in [3.05, 3.63) is 58.3 Å². The molecule has 2 aromatic heterocycles. The fourth-order valence-electron chi connectivity index (χ4n) is 1.91. The lowest BCUT2D eigenvalue weighted by Crippen LogP contribution is -2.01. The Bertz CT molecular complexity index is 680. The Labute approximate surface area is 119 Å². The van der Waals surface area contributed by atoms with Gasteiger partial charge < -0.3 is 5.11 Å². The van der Waals surface area contributed by atoms with E-state index in [1.54, 1.807) is 12.4 Å². The van der Waals surface area contributed by atoms with E-state index in [2.05, 4.69) is 9.97 Å². The molecule has 0 aliphatic carbocycles. The van der Waals surface area contributed by atoms with Crippen LogP contribution in [0.15, 0.2) is 42.7 Å². The first kappa shape index (κ1) is 12.5. The van der Waals surface area contributed by atoms with Gasteiger partial charge in [-0.3, -0.25) is 4.98 Å². The number of thiazole rings is 1. The second-order valence-electron chi connectivity index (χ2n) is 4.25. The zero-order valence-corrected chi connectivity index (χ0v) is 11.5. The van der Waals surface area contributed by atoms with E-state index < -0.39 is 6.10 Å². The van der Waals surface area contributed by atoms with Gasteiger partial charge in [-0.1, -0.05) is 23.7 Å². The molecule has 0 saturated carbocycles. The van der Waals surface area contributed by atoms with Gasteiger partial charge in [0.1, 0.15) is 11.1 Å². The number of hydrogen-bond acceptors (Lipinski definition) is 4. The molecular weight excluding hydrogens is 280 g/mol. The molecular formula is C14H11ClN2OS. The first-order chi connectivity index (χ1) is 9.22. The first-order valence-corrected chi connectivity index (χ1v) is 7.05. The summed E-state index contributed by atoms with van der Waals surface area (Å²) < 4.78 is 1.08. The van der Waals surface area contributed by atoms with Crippen LogP contribution in [0.4, 0.5) is 0 Å². The number of benzene rings is 1. The second-order valence-corrected chi connectivity index (χ2v) is 5.75. The first-order valence-electron chi connectivity index (χ1n) is 5.85. The number of nitrogens with zero attached hydrogens (tertiary/aromatic N) is 2. The predicted octanol–water partition coefficient (Wildman–Crippen LogP) is 3.62. The predicted molar refractivity (Wildman–Crippen MR) is 77.5 cm³/mol. The third-order valence-electron chi connectivity index (χ3n) is 2.79. The van der Waals surface area contributed by atoms with Crippen LogP contribution >= 0.6 is 22.9 Å². The molecule has 96 valence electrons. The van der Waals surface area contributed by atoms with Crippen molar-refractivity contribution in [2.75, 3.05) is 0 Å². The number of rotatable bonds is 3. The minimum absolute atomic E-state index is 0.466. The van der Waals surface area contributed by atoms with Crippen molar-refractivity contribution in [2.24, 2.45) is 0 Å². The third kappa shape index (κ3) is 2.76. The van der Waals surface area contributed by atoms with E-state index >= 15 is 0 Å². The smallest absolute Gasteiger partial charge is 0.123 e. The van der Waals surface area contributed by atoms with E-state index in [1.807, 2.05) is 30.3 Å². The van der Waals surface area contributed by atoms with Crippen molar-refractivity contribution >= 4 is 33.2 Å². The van der Waals surface area contributed by atoms with Gasteiger partial charge >= 0.3 is 0 Å². The average Bonchev–Trinajstić information content (AvgIpc) is 2.82. The highest BCUT2D eigenvalue weighted by molar-refractivity contribution is 7.18. The molecule has 1 N–H and O–H groups in total. The summed E-state index contributed by atoms with van der Waals surface area (Å²) in [6.07, 6.45) is 3.13. The zero-order valence-electron chi connectivity index (χ0n) is 9.95. The fraction of sp³-hybridized carbons (Fsp3) is 0.143. The van der Waals surface area contributed by atoms with E-state index in [9.17, 15) is 5.11 Å². The molecule has 1 unspecified atom stereocenters. The molecule has 0 fully saturated rings. The highest BCUT2D eigenvalue weighted by atomic mass is 35.5. The van der Waals surface area contributed by atoms with E-state index in [1.165, 1.54) is 11.3 Å². The molecule has 5 heteroatoms. The summed E-state index contributed by atoms with van der Waals surface area (Å²) in [5.74, 6) is 0. The van der Waals surface area contributed by atoms with Gasteiger partial charge in [0.25, 0.3) is 0 Å². The Hall–Kier alpha value is -1.49. The number of hydrogen-bond donors (Lipinski definition) is 1. The molecule has 0 spiro atoms. The molecule has 0 radical (unpaired) electrons. The van der Waals surface area contributed by atoms with Gasteiger partial charge in [-0.25, -0.2) is 4.98 Å². The van der Waals surface area contributed by atoms with Crippen LogP contribution in [0.3, 0.4) is 0 Å². The normalized spacial score (nSPS) is 12.7. The molecule has 0 amide bonds. The van der Waals surface area contributed by atoms with Crippen molar-refractivity contribution < 1.29 is 5.11 Å². The number of halogens is 1. The molecule has 1 aromatic carbocycles.